The maximum Gasteiger partial charge on any atom is 0.0951 e. The number of hydrogen-bond acceptors (Lipinski definition) is 3. The summed E-state index contributed by atoms with van der Waals surface area (Å²) in [4.78, 5) is 4.21. The first-order valence-electron chi connectivity index (χ1n) is 6.08. The molecule has 2 atom stereocenters. The Bertz CT molecular complexity index is 306. The van der Waals surface area contributed by atoms with E-state index in [1.807, 2.05) is 12.5 Å². The maximum atomic E-state index is 5.83. The van der Waals surface area contributed by atoms with Gasteiger partial charge in [0.15, 0.2) is 0 Å². The van der Waals surface area contributed by atoms with E-state index in [2.05, 4.69) is 42.6 Å². The summed E-state index contributed by atoms with van der Waals surface area (Å²) in [6.45, 7) is 9.26. The van der Waals surface area contributed by atoms with Crippen molar-refractivity contribution in [2.45, 2.75) is 52.2 Å². The second kappa shape index (κ2) is 6.01. The van der Waals surface area contributed by atoms with Crippen LogP contribution >= 0.6 is 0 Å². The third-order valence-corrected chi connectivity index (χ3v) is 2.94. The number of hydrogen-bond donors (Lipinski definition) is 2. The Morgan fingerprint density at radius 3 is 2.62 bits per heavy atom. The predicted octanol–water partition coefficient (Wildman–Crippen LogP) is 1.85. The molecule has 0 aliphatic heterocycles. The van der Waals surface area contributed by atoms with Crippen molar-refractivity contribution in [1.82, 2.24) is 14.9 Å². The molecule has 0 amide bonds. The van der Waals surface area contributed by atoms with Gasteiger partial charge >= 0.3 is 0 Å². The van der Waals surface area contributed by atoms with Crippen LogP contribution in [0.2, 0.25) is 0 Å². The highest BCUT2D eigenvalue weighted by Crippen LogP contribution is 2.17. The van der Waals surface area contributed by atoms with Crippen molar-refractivity contribution in [3.05, 3.63) is 18.2 Å². The highest BCUT2D eigenvalue weighted by molar-refractivity contribution is 5.07. The average Bonchev–Trinajstić information content (AvgIpc) is 2.74. The van der Waals surface area contributed by atoms with Crippen LogP contribution in [0, 0.1) is 0 Å². The lowest BCUT2D eigenvalue weighted by molar-refractivity contribution is 0.422. The fourth-order valence-electron chi connectivity index (χ4n) is 1.75. The fourth-order valence-corrected chi connectivity index (χ4v) is 1.75. The van der Waals surface area contributed by atoms with Crippen molar-refractivity contribution < 1.29 is 0 Å². The zero-order valence-corrected chi connectivity index (χ0v) is 10.8. The molecule has 4 heteroatoms. The monoisotopic (exact) mass is 224 g/mol. The topological polar surface area (TPSA) is 55.9 Å². The van der Waals surface area contributed by atoms with Crippen molar-refractivity contribution in [3.63, 3.8) is 0 Å². The quantitative estimate of drug-likeness (QED) is 0.775. The van der Waals surface area contributed by atoms with Crippen LogP contribution in [0.1, 0.15) is 51.9 Å². The smallest absolute Gasteiger partial charge is 0.0951 e. The molecule has 1 aromatic heterocycles. The largest absolute Gasteiger partial charge is 0.331 e. The minimum atomic E-state index is 0.194. The molecule has 4 nitrogen and oxygen atoms in total. The first-order chi connectivity index (χ1) is 7.60. The summed E-state index contributed by atoms with van der Waals surface area (Å²) in [5, 5.41) is 3.53. The molecular formula is C12H24N4. The normalized spacial score (nSPS) is 15.4. The van der Waals surface area contributed by atoms with Crippen LogP contribution in [0.15, 0.2) is 12.5 Å². The van der Waals surface area contributed by atoms with Gasteiger partial charge < -0.3 is 15.6 Å². The predicted molar refractivity (Wildman–Crippen MR) is 67.3 cm³/mol. The van der Waals surface area contributed by atoms with E-state index in [4.69, 9.17) is 5.73 Å². The molecule has 0 aliphatic carbocycles. The summed E-state index contributed by atoms with van der Waals surface area (Å²) in [5.74, 6) is 0. The molecule has 1 aromatic rings. The number of rotatable bonds is 6. The summed E-state index contributed by atoms with van der Waals surface area (Å²) in [7, 11) is 0. The lowest BCUT2D eigenvalue weighted by Crippen LogP contribution is -2.36. The molecule has 1 heterocycles. The van der Waals surface area contributed by atoms with Gasteiger partial charge in [-0.05, 0) is 27.2 Å². The molecule has 2 unspecified atom stereocenters. The molecule has 3 N–H and O–H groups in total. The van der Waals surface area contributed by atoms with Gasteiger partial charge in [-0.1, -0.05) is 6.92 Å². The van der Waals surface area contributed by atoms with Crippen molar-refractivity contribution in [1.29, 1.82) is 0 Å². The Morgan fingerprint density at radius 1 is 1.44 bits per heavy atom. The zero-order chi connectivity index (χ0) is 12.1. The molecule has 0 aromatic carbocycles. The van der Waals surface area contributed by atoms with Gasteiger partial charge in [-0.25, -0.2) is 4.98 Å². The van der Waals surface area contributed by atoms with E-state index in [1.54, 1.807) is 0 Å². The Kier molecular flexibility index (Phi) is 4.96. The zero-order valence-electron chi connectivity index (χ0n) is 10.8. The van der Waals surface area contributed by atoms with E-state index >= 15 is 0 Å². The van der Waals surface area contributed by atoms with Crippen molar-refractivity contribution >= 4 is 0 Å². The van der Waals surface area contributed by atoms with Crippen LogP contribution in [0.25, 0.3) is 0 Å². The molecular weight excluding hydrogens is 200 g/mol. The van der Waals surface area contributed by atoms with Crippen molar-refractivity contribution in [3.8, 4) is 0 Å². The van der Waals surface area contributed by atoms with Crippen LogP contribution in [-0.4, -0.2) is 22.1 Å². The van der Waals surface area contributed by atoms with E-state index in [0.717, 1.165) is 6.42 Å². The lowest BCUT2D eigenvalue weighted by atomic mass is 10.1. The van der Waals surface area contributed by atoms with Gasteiger partial charge in [0.2, 0.25) is 0 Å². The minimum absolute atomic E-state index is 0.194. The summed E-state index contributed by atoms with van der Waals surface area (Å²) >= 11 is 0. The number of aromatic nitrogens is 2. The molecule has 0 bridgehead atoms. The molecule has 0 radical (unpaired) electrons. The first kappa shape index (κ1) is 13.2. The highest BCUT2D eigenvalue weighted by atomic mass is 15.1. The van der Waals surface area contributed by atoms with Gasteiger partial charge in [0.05, 0.1) is 18.1 Å². The van der Waals surface area contributed by atoms with E-state index < -0.39 is 0 Å². The molecule has 1 rings (SSSR count). The fraction of sp³-hybridized carbons (Fsp3) is 0.750. The maximum absolute atomic E-state index is 5.83. The lowest BCUT2D eigenvalue weighted by Gasteiger charge is -2.23. The minimum Gasteiger partial charge on any atom is -0.331 e. The van der Waals surface area contributed by atoms with Gasteiger partial charge in [0, 0.05) is 24.8 Å². The number of nitrogens with zero attached hydrogens (tertiary/aromatic N) is 2. The number of nitrogens with two attached hydrogens (primary N) is 1. The van der Waals surface area contributed by atoms with Crippen LogP contribution in [-0.2, 0) is 0 Å². The molecule has 0 aliphatic rings. The number of imidazole rings is 1. The summed E-state index contributed by atoms with van der Waals surface area (Å²) < 4.78 is 2.17. The van der Waals surface area contributed by atoms with Crippen LogP contribution in [0.5, 0.6) is 0 Å². The van der Waals surface area contributed by atoms with Gasteiger partial charge in [-0.3, -0.25) is 0 Å². The van der Waals surface area contributed by atoms with E-state index in [0.29, 0.717) is 18.6 Å². The standard InChI is InChI=1S/C12H24N4/c1-5-10(4)15-11(6-13)12-7-14-8-16(12)9(2)3/h7-11,15H,5-6,13H2,1-4H3. The van der Waals surface area contributed by atoms with Gasteiger partial charge in [0.1, 0.15) is 0 Å². The molecule has 0 fully saturated rings. The summed E-state index contributed by atoms with van der Waals surface area (Å²) in [5.41, 5.74) is 7.01. The van der Waals surface area contributed by atoms with E-state index in [-0.39, 0.29) is 6.04 Å². The van der Waals surface area contributed by atoms with Crippen molar-refractivity contribution in [2.75, 3.05) is 6.54 Å². The third-order valence-electron chi connectivity index (χ3n) is 2.94. The molecule has 0 spiro atoms. The van der Waals surface area contributed by atoms with Crippen molar-refractivity contribution in [2.24, 2.45) is 5.73 Å². The van der Waals surface area contributed by atoms with E-state index in [9.17, 15) is 0 Å². The Labute approximate surface area is 98.2 Å². The molecule has 0 saturated heterocycles. The van der Waals surface area contributed by atoms with E-state index in [1.165, 1.54) is 5.69 Å². The van der Waals surface area contributed by atoms with Gasteiger partial charge in [-0.15, -0.1) is 0 Å². The molecule has 16 heavy (non-hydrogen) atoms. The summed E-state index contributed by atoms with van der Waals surface area (Å²) in [6.07, 6.45) is 4.89. The molecule has 0 saturated carbocycles. The second-order valence-electron chi connectivity index (χ2n) is 4.58. The Balaban J connectivity index is 2.82. The van der Waals surface area contributed by atoms with Crippen LogP contribution in [0.4, 0.5) is 0 Å². The SMILES string of the molecule is CCC(C)NC(CN)c1cncn1C(C)C. The Morgan fingerprint density at radius 2 is 2.12 bits per heavy atom. The first-order valence-corrected chi connectivity index (χ1v) is 6.08. The van der Waals surface area contributed by atoms with Crippen LogP contribution < -0.4 is 11.1 Å². The number of nitrogens with one attached hydrogen (secondary N) is 1. The van der Waals surface area contributed by atoms with Gasteiger partial charge in [0.25, 0.3) is 0 Å². The summed E-state index contributed by atoms with van der Waals surface area (Å²) in [6, 6.07) is 1.09. The highest BCUT2D eigenvalue weighted by Gasteiger charge is 2.17. The van der Waals surface area contributed by atoms with Gasteiger partial charge in [-0.2, -0.15) is 0 Å². The van der Waals surface area contributed by atoms with Crippen LogP contribution in [0.3, 0.4) is 0 Å². The third kappa shape index (κ3) is 3.06. The molecule has 92 valence electrons. The Hall–Kier alpha value is -0.870. The second-order valence-corrected chi connectivity index (χ2v) is 4.58. The average molecular weight is 224 g/mol.